The van der Waals surface area contributed by atoms with Crippen molar-refractivity contribution in [3.63, 3.8) is 0 Å². The number of nitrogens with one attached hydrogen (secondary N) is 1. The SMILES string of the molecule is CC(C)(O)C1(N2CC(C(F)(F)F)NC2=O)Cc2ccc(N)cc2C1. The third kappa shape index (κ3) is 2.49. The lowest BCUT2D eigenvalue weighted by molar-refractivity contribution is -0.153. The van der Waals surface area contributed by atoms with E-state index in [2.05, 4.69) is 0 Å². The maximum atomic E-state index is 13.0. The fourth-order valence-corrected chi connectivity index (χ4v) is 3.72. The summed E-state index contributed by atoms with van der Waals surface area (Å²) in [7, 11) is 0. The van der Waals surface area contributed by atoms with Crippen LogP contribution >= 0.6 is 0 Å². The van der Waals surface area contributed by atoms with Crippen LogP contribution in [0.25, 0.3) is 0 Å². The van der Waals surface area contributed by atoms with Gasteiger partial charge in [-0.2, -0.15) is 13.2 Å². The van der Waals surface area contributed by atoms with Gasteiger partial charge in [-0.25, -0.2) is 4.79 Å². The van der Waals surface area contributed by atoms with Gasteiger partial charge in [-0.15, -0.1) is 0 Å². The van der Waals surface area contributed by atoms with Crippen molar-refractivity contribution >= 4 is 11.7 Å². The Morgan fingerprint density at radius 2 is 1.92 bits per heavy atom. The van der Waals surface area contributed by atoms with Gasteiger partial charge in [0.05, 0.1) is 17.7 Å². The summed E-state index contributed by atoms with van der Waals surface area (Å²) in [5.41, 5.74) is 5.52. The van der Waals surface area contributed by atoms with Crippen molar-refractivity contribution in [1.29, 1.82) is 0 Å². The van der Waals surface area contributed by atoms with E-state index in [1.165, 1.54) is 13.8 Å². The lowest BCUT2D eigenvalue weighted by Gasteiger charge is -2.46. The third-order valence-electron chi connectivity index (χ3n) is 5.15. The number of fused-ring (bicyclic) bond motifs is 1. The van der Waals surface area contributed by atoms with E-state index in [0.29, 0.717) is 5.69 Å². The molecule has 2 amide bonds. The number of hydrogen-bond acceptors (Lipinski definition) is 3. The number of benzene rings is 1. The quantitative estimate of drug-likeness (QED) is 0.717. The Hall–Kier alpha value is -1.96. The molecule has 1 aliphatic carbocycles. The van der Waals surface area contributed by atoms with E-state index < -0.39 is 35.9 Å². The van der Waals surface area contributed by atoms with E-state index in [9.17, 15) is 23.1 Å². The van der Waals surface area contributed by atoms with Crippen molar-refractivity contribution < 1.29 is 23.1 Å². The minimum atomic E-state index is -4.53. The van der Waals surface area contributed by atoms with Crippen molar-refractivity contribution in [2.75, 3.05) is 12.3 Å². The first-order valence-electron chi connectivity index (χ1n) is 7.68. The number of anilines is 1. The highest BCUT2D eigenvalue weighted by atomic mass is 19.4. The number of carbonyl (C=O) groups excluding carboxylic acids is 1. The third-order valence-corrected chi connectivity index (χ3v) is 5.15. The maximum Gasteiger partial charge on any atom is 0.410 e. The van der Waals surface area contributed by atoms with Gasteiger partial charge in [0, 0.05) is 5.69 Å². The number of hydrogen-bond donors (Lipinski definition) is 3. The summed E-state index contributed by atoms with van der Waals surface area (Å²) in [6, 6.07) is 2.52. The Bertz CT molecular complexity index is 684. The molecule has 4 N–H and O–H groups in total. The van der Waals surface area contributed by atoms with Gasteiger partial charge in [-0.3, -0.25) is 0 Å². The smallest absolute Gasteiger partial charge is 0.399 e. The van der Waals surface area contributed by atoms with Crippen LogP contribution in [-0.2, 0) is 12.8 Å². The Kier molecular flexibility index (Phi) is 3.53. The molecule has 1 aliphatic heterocycles. The molecule has 1 saturated heterocycles. The average Bonchev–Trinajstić information content (AvgIpc) is 2.98. The monoisotopic (exact) mass is 343 g/mol. The van der Waals surface area contributed by atoms with Gasteiger partial charge >= 0.3 is 12.2 Å². The second-order valence-electron chi connectivity index (χ2n) is 7.13. The summed E-state index contributed by atoms with van der Waals surface area (Å²) in [6.45, 7) is 2.53. The molecule has 132 valence electrons. The molecule has 2 atom stereocenters. The minimum Gasteiger partial charge on any atom is -0.399 e. The lowest BCUT2D eigenvalue weighted by atomic mass is 9.78. The summed E-state index contributed by atoms with van der Waals surface area (Å²) >= 11 is 0. The maximum absolute atomic E-state index is 13.0. The minimum absolute atomic E-state index is 0.259. The Labute approximate surface area is 137 Å². The number of rotatable bonds is 2. The van der Waals surface area contributed by atoms with Crippen LogP contribution < -0.4 is 11.1 Å². The first-order chi connectivity index (χ1) is 10.9. The average molecular weight is 343 g/mol. The van der Waals surface area contributed by atoms with Crippen LogP contribution in [0.1, 0.15) is 25.0 Å². The molecule has 0 spiro atoms. The number of alkyl halides is 3. The molecule has 5 nitrogen and oxygen atoms in total. The molecule has 0 bridgehead atoms. The molecule has 24 heavy (non-hydrogen) atoms. The normalized spacial score (nSPS) is 27.3. The lowest BCUT2D eigenvalue weighted by Crippen LogP contribution is -2.63. The fraction of sp³-hybridized carbons (Fsp3) is 0.562. The molecule has 1 fully saturated rings. The number of nitrogen functional groups attached to an aromatic ring is 1. The highest BCUT2D eigenvalue weighted by Gasteiger charge is 2.59. The number of halogens is 3. The molecule has 8 heteroatoms. The van der Waals surface area contributed by atoms with E-state index in [4.69, 9.17) is 5.73 Å². The molecule has 1 aromatic rings. The summed E-state index contributed by atoms with van der Waals surface area (Å²) in [5, 5.41) is 12.7. The molecular formula is C16H20F3N3O2. The fourth-order valence-electron chi connectivity index (χ4n) is 3.72. The van der Waals surface area contributed by atoms with Gasteiger partial charge in [0.15, 0.2) is 0 Å². The number of urea groups is 1. The number of nitrogens with two attached hydrogens (primary N) is 1. The van der Waals surface area contributed by atoms with E-state index in [1.807, 2.05) is 5.32 Å². The first-order valence-corrected chi connectivity index (χ1v) is 7.68. The van der Waals surface area contributed by atoms with Gasteiger partial charge in [0.1, 0.15) is 6.04 Å². The highest BCUT2D eigenvalue weighted by molar-refractivity contribution is 5.79. The Morgan fingerprint density at radius 1 is 1.29 bits per heavy atom. The van der Waals surface area contributed by atoms with Crippen LogP contribution in [0.2, 0.25) is 0 Å². The van der Waals surface area contributed by atoms with Crippen LogP contribution in [0.15, 0.2) is 18.2 Å². The van der Waals surface area contributed by atoms with Crippen molar-refractivity contribution in [1.82, 2.24) is 10.2 Å². The van der Waals surface area contributed by atoms with Gasteiger partial charge in [0.25, 0.3) is 0 Å². The molecule has 0 aromatic heterocycles. The van der Waals surface area contributed by atoms with Gasteiger partial charge in [0.2, 0.25) is 0 Å². The van der Waals surface area contributed by atoms with E-state index >= 15 is 0 Å². The molecule has 2 unspecified atom stereocenters. The molecular weight excluding hydrogens is 323 g/mol. The first kappa shape index (κ1) is 16.9. The largest absolute Gasteiger partial charge is 0.410 e. The van der Waals surface area contributed by atoms with Crippen LogP contribution in [0, 0.1) is 0 Å². The van der Waals surface area contributed by atoms with Crippen molar-refractivity contribution in [3.8, 4) is 0 Å². The molecule has 3 rings (SSSR count). The van der Waals surface area contributed by atoms with Gasteiger partial charge < -0.3 is 21.1 Å². The van der Waals surface area contributed by atoms with Crippen molar-refractivity contribution in [2.24, 2.45) is 0 Å². The van der Waals surface area contributed by atoms with E-state index in [1.54, 1.807) is 18.2 Å². The second-order valence-corrected chi connectivity index (χ2v) is 7.13. The van der Waals surface area contributed by atoms with Crippen LogP contribution in [0.5, 0.6) is 0 Å². The van der Waals surface area contributed by atoms with Crippen LogP contribution in [0.3, 0.4) is 0 Å². The molecule has 2 aliphatic rings. The summed E-state index contributed by atoms with van der Waals surface area (Å²) < 4.78 is 39.0. The Balaban J connectivity index is 2.00. The Morgan fingerprint density at radius 3 is 2.46 bits per heavy atom. The second kappa shape index (κ2) is 5.02. The molecule has 1 aromatic carbocycles. The van der Waals surface area contributed by atoms with Gasteiger partial charge in [-0.05, 0) is 49.9 Å². The number of nitrogens with zero attached hydrogens (tertiary/aromatic N) is 1. The summed E-state index contributed by atoms with van der Waals surface area (Å²) in [5.74, 6) is 0. The number of carbonyl (C=O) groups is 1. The highest BCUT2D eigenvalue weighted by Crippen LogP contribution is 2.44. The topological polar surface area (TPSA) is 78.6 Å². The molecule has 0 radical (unpaired) electrons. The molecule has 0 saturated carbocycles. The standard InChI is InChI=1S/C16H20F3N3O2/c1-14(2,24)15(6-9-3-4-11(20)5-10(9)7-15)22-8-12(16(17,18)19)21-13(22)23/h3-5,12,24H,6-8,20H2,1-2H3,(H,21,23). The van der Waals surface area contributed by atoms with Crippen molar-refractivity contribution in [2.45, 2.75) is 50.0 Å². The zero-order valence-electron chi connectivity index (χ0n) is 13.4. The zero-order chi connectivity index (χ0) is 17.9. The van der Waals surface area contributed by atoms with Crippen LogP contribution in [0.4, 0.5) is 23.7 Å². The summed E-state index contributed by atoms with van der Waals surface area (Å²) in [4.78, 5) is 13.4. The number of amides is 2. The van der Waals surface area contributed by atoms with E-state index in [-0.39, 0.29) is 12.8 Å². The van der Waals surface area contributed by atoms with Crippen LogP contribution in [-0.4, -0.2) is 45.9 Å². The van der Waals surface area contributed by atoms with Crippen molar-refractivity contribution in [3.05, 3.63) is 29.3 Å². The van der Waals surface area contributed by atoms with E-state index in [0.717, 1.165) is 16.0 Å². The summed E-state index contributed by atoms with van der Waals surface area (Å²) in [6.07, 6.45) is -3.99. The number of aliphatic hydroxyl groups is 1. The predicted molar refractivity (Wildman–Crippen MR) is 82.4 cm³/mol. The molecule has 1 heterocycles. The zero-order valence-corrected chi connectivity index (χ0v) is 13.4. The van der Waals surface area contributed by atoms with Gasteiger partial charge in [-0.1, -0.05) is 6.07 Å². The predicted octanol–water partition coefficient (Wildman–Crippen LogP) is 1.83.